The molecule has 0 aromatic heterocycles. The summed E-state index contributed by atoms with van der Waals surface area (Å²) in [5.74, 6) is -0.0556. The van der Waals surface area contributed by atoms with Gasteiger partial charge in [-0.25, -0.2) is 15.4 Å². The number of nitrogens with zero attached hydrogens (tertiary/aromatic N) is 1. The molecule has 0 radical (unpaired) electrons. The third-order valence-electron chi connectivity index (χ3n) is 2.79. The highest BCUT2D eigenvalue weighted by molar-refractivity contribution is 4.88. The minimum Gasteiger partial charge on any atom is -0.307 e. The van der Waals surface area contributed by atoms with Crippen molar-refractivity contribution >= 4 is 0 Å². The summed E-state index contributed by atoms with van der Waals surface area (Å²) < 4.78 is 24.8. The molecule has 0 saturated heterocycles. The lowest BCUT2D eigenvalue weighted by molar-refractivity contribution is 0.101. The van der Waals surface area contributed by atoms with E-state index < -0.39 is 12.5 Å². The van der Waals surface area contributed by atoms with Gasteiger partial charge >= 0.3 is 6.43 Å². The van der Waals surface area contributed by atoms with E-state index in [4.69, 9.17) is 6.57 Å². The summed E-state index contributed by atoms with van der Waals surface area (Å²) >= 11 is 0. The molecular weight excluding hydrogens is 172 g/mol. The van der Waals surface area contributed by atoms with E-state index >= 15 is 0 Å². The van der Waals surface area contributed by atoms with Gasteiger partial charge in [-0.2, -0.15) is 0 Å². The summed E-state index contributed by atoms with van der Waals surface area (Å²) in [4.78, 5) is 3.05. The van der Waals surface area contributed by atoms with Gasteiger partial charge in [-0.15, -0.1) is 0 Å². The van der Waals surface area contributed by atoms with Crippen LogP contribution in [-0.2, 0) is 0 Å². The molecule has 0 amide bonds. The van der Waals surface area contributed by atoms with E-state index in [1.807, 2.05) is 0 Å². The molecule has 0 aromatic rings. The molecule has 0 spiro atoms. The van der Waals surface area contributed by atoms with Gasteiger partial charge in [-0.05, 0) is 12.8 Å². The van der Waals surface area contributed by atoms with Gasteiger partial charge in [0.1, 0.15) is 0 Å². The largest absolute Gasteiger partial charge is 0.312 e. The molecule has 0 heterocycles. The van der Waals surface area contributed by atoms with Crippen LogP contribution in [0.2, 0.25) is 0 Å². The Labute approximate surface area is 78.0 Å². The summed E-state index contributed by atoms with van der Waals surface area (Å²) in [5.41, 5.74) is 0. The van der Waals surface area contributed by atoms with E-state index in [1.54, 1.807) is 0 Å². The van der Waals surface area contributed by atoms with Crippen molar-refractivity contribution in [3.05, 3.63) is 11.4 Å². The highest BCUT2D eigenvalue weighted by atomic mass is 19.3. The highest BCUT2D eigenvalue weighted by Crippen LogP contribution is 2.29. The lowest BCUT2D eigenvalue weighted by Gasteiger charge is -2.14. The topological polar surface area (TPSA) is 4.36 Å². The van der Waals surface area contributed by atoms with Crippen molar-refractivity contribution in [3.63, 3.8) is 0 Å². The molecular formula is C10H15F2N. The molecule has 1 fully saturated rings. The Morgan fingerprint density at radius 1 is 1.08 bits per heavy atom. The Kier molecular flexibility index (Phi) is 4.14. The molecule has 1 saturated carbocycles. The predicted octanol–water partition coefficient (Wildman–Crippen LogP) is 3.51. The summed E-state index contributed by atoms with van der Waals surface area (Å²) in [5, 5.41) is 0. The number of hydrogen-bond acceptors (Lipinski definition) is 0. The summed E-state index contributed by atoms with van der Waals surface area (Å²) in [6, 6.07) is -1.04. The predicted molar refractivity (Wildman–Crippen MR) is 47.6 cm³/mol. The fraction of sp³-hybridized carbons (Fsp3) is 0.900. The average molecular weight is 187 g/mol. The second-order valence-electron chi connectivity index (χ2n) is 3.71. The molecule has 1 aliphatic rings. The highest BCUT2D eigenvalue weighted by Gasteiger charge is 2.35. The zero-order valence-electron chi connectivity index (χ0n) is 7.68. The molecule has 0 N–H and O–H groups in total. The molecule has 3 heteroatoms. The van der Waals surface area contributed by atoms with Gasteiger partial charge in [0.25, 0.3) is 6.04 Å². The molecule has 13 heavy (non-hydrogen) atoms. The van der Waals surface area contributed by atoms with Crippen LogP contribution < -0.4 is 0 Å². The molecule has 1 rings (SSSR count). The quantitative estimate of drug-likeness (QED) is 0.460. The standard InChI is InChI=1S/C10H15F2N/c1-13-9(10(11)12)8-6-4-2-3-5-7-8/h8-10H,2-7H2. The van der Waals surface area contributed by atoms with Crippen LogP contribution in [0, 0.1) is 12.5 Å². The number of rotatable bonds is 2. The van der Waals surface area contributed by atoms with Crippen LogP contribution in [-0.4, -0.2) is 12.5 Å². The lowest BCUT2D eigenvalue weighted by Crippen LogP contribution is -2.24. The van der Waals surface area contributed by atoms with E-state index in [9.17, 15) is 8.78 Å². The third kappa shape index (κ3) is 2.95. The smallest absolute Gasteiger partial charge is 0.307 e. The summed E-state index contributed by atoms with van der Waals surface area (Å²) in [6.45, 7) is 6.74. The first-order chi connectivity index (χ1) is 6.25. The van der Waals surface area contributed by atoms with Crippen molar-refractivity contribution in [2.45, 2.75) is 51.0 Å². The zero-order valence-corrected chi connectivity index (χ0v) is 7.68. The maximum absolute atomic E-state index is 12.4. The van der Waals surface area contributed by atoms with Crippen LogP contribution in [0.25, 0.3) is 4.85 Å². The fourth-order valence-corrected chi connectivity index (χ4v) is 2.02. The zero-order chi connectivity index (χ0) is 9.68. The van der Waals surface area contributed by atoms with Gasteiger partial charge in [0, 0.05) is 5.92 Å². The van der Waals surface area contributed by atoms with Crippen molar-refractivity contribution in [3.8, 4) is 0 Å². The number of hydrogen-bond donors (Lipinski definition) is 0. The number of halogens is 2. The van der Waals surface area contributed by atoms with E-state index in [2.05, 4.69) is 4.85 Å². The van der Waals surface area contributed by atoms with Gasteiger partial charge < -0.3 is 4.85 Å². The Morgan fingerprint density at radius 3 is 2.00 bits per heavy atom. The second-order valence-corrected chi connectivity index (χ2v) is 3.71. The SMILES string of the molecule is [C-]#[N+]C(C(F)F)C1CCCCCC1. The minimum absolute atomic E-state index is 0.0556. The van der Waals surface area contributed by atoms with Crippen molar-refractivity contribution in [1.29, 1.82) is 0 Å². The molecule has 0 aliphatic heterocycles. The summed E-state index contributed by atoms with van der Waals surface area (Å²) in [6.07, 6.45) is 3.50. The fourth-order valence-electron chi connectivity index (χ4n) is 2.02. The van der Waals surface area contributed by atoms with E-state index in [1.165, 1.54) is 0 Å². The average Bonchev–Trinajstić information content (AvgIpc) is 2.33. The molecule has 1 unspecified atom stereocenters. The normalized spacial score (nSPS) is 22.3. The van der Waals surface area contributed by atoms with Crippen LogP contribution in [0.5, 0.6) is 0 Å². The van der Waals surface area contributed by atoms with Crippen molar-refractivity contribution in [1.82, 2.24) is 0 Å². The van der Waals surface area contributed by atoms with E-state index in [0.29, 0.717) is 0 Å². The van der Waals surface area contributed by atoms with Gasteiger partial charge in [-0.1, -0.05) is 25.7 Å². The molecule has 0 bridgehead atoms. The van der Waals surface area contributed by atoms with E-state index in [0.717, 1.165) is 38.5 Å². The molecule has 1 nitrogen and oxygen atoms in total. The van der Waals surface area contributed by atoms with Crippen LogP contribution in [0.15, 0.2) is 0 Å². The third-order valence-corrected chi connectivity index (χ3v) is 2.79. The Hall–Kier alpha value is -0.650. The maximum atomic E-state index is 12.4. The van der Waals surface area contributed by atoms with Crippen LogP contribution in [0.4, 0.5) is 8.78 Å². The Bertz CT molecular complexity index is 178. The molecule has 74 valence electrons. The van der Waals surface area contributed by atoms with Crippen molar-refractivity contribution in [2.75, 3.05) is 0 Å². The first-order valence-corrected chi connectivity index (χ1v) is 4.90. The first kappa shape index (κ1) is 10.4. The van der Waals surface area contributed by atoms with Crippen LogP contribution in [0.3, 0.4) is 0 Å². The second kappa shape index (κ2) is 5.16. The monoisotopic (exact) mass is 187 g/mol. The summed E-state index contributed by atoms with van der Waals surface area (Å²) in [7, 11) is 0. The van der Waals surface area contributed by atoms with Gasteiger partial charge in [0.2, 0.25) is 0 Å². The van der Waals surface area contributed by atoms with Gasteiger partial charge in [0.05, 0.1) is 0 Å². The van der Waals surface area contributed by atoms with Gasteiger partial charge in [0.15, 0.2) is 0 Å². The molecule has 1 aliphatic carbocycles. The maximum Gasteiger partial charge on any atom is 0.312 e. The lowest BCUT2D eigenvalue weighted by atomic mass is 9.93. The van der Waals surface area contributed by atoms with E-state index in [-0.39, 0.29) is 5.92 Å². The van der Waals surface area contributed by atoms with Crippen LogP contribution >= 0.6 is 0 Å². The number of alkyl halides is 2. The Morgan fingerprint density at radius 2 is 1.62 bits per heavy atom. The molecule has 1 atom stereocenters. The van der Waals surface area contributed by atoms with Crippen molar-refractivity contribution in [2.24, 2.45) is 5.92 Å². The molecule has 0 aromatic carbocycles. The van der Waals surface area contributed by atoms with Crippen molar-refractivity contribution < 1.29 is 8.78 Å². The van der Waals surface area contributed by atoms with Gasteiger partial charge in [-0.3, -0.25) is 0 Å². The van der Waals surface area contributed by atoms with Crippen LogP contribution in [0.1, 0.15) is 38.5 Å². The first-order valence-electron chi connectivity index (χ1n) is 4.90. The Balaban J connectivity index is 2.51. The minimum atomic E-state index is -2.46.